The summed E-state index contributed by atoms with van der Waals surface area (Å²) in [5.41, 5.74) is 5.37. The average molecular weight is 326 g/mol. The first kappa shape index (κ1) is 17.0. The second-order valence-corrected chi connectivity index (χ2v) is 6.60. The van der Waals surface area contributed by atoms with E-state index >= 15 is 0 Å². The van der Waals surface area contributed by atoms with E-state index in [0.717, 1.165) is 31.9 Å². The maximum Gasteiger partial charge on any atom is 0.240 e. The lowest BCUT2D eigenvalue weighted by Gasteiger charge is -2.24. The average Bonchev–Trinajstić information content (AvgIpc) is 3.08. The van der Waals surface area contributed by atoms with E-state index in [4.69, 9.17) is 5.73 Å². The van der Waals surface area contributed by atoms with Crippen LogP contribution >= 0.6 is 12.4 Å². The van der Waals surface area contributed by atoms with E-state index in [-0.39, 0.29) is 24.4 Å². The van der Waals surface area contributed by atoms with Crippen LogP contribution in [-0.4, -0.2) is 40.5 Å². The van der Waals surface area contributed by atoms with Gasteiger partial charge in [-0.25, -0.2) is 9.97 Å². The minimum atomic E-state index is -0.613. The van der Waals surface area contributed by atoms with Gasteiger partial charge in [0.05, 0.1) is 11.6 Å². The topological polar surface area (TPSA) is 84.1 Å². The molecule has 1 saturated carbocycles. The molecule has 1 aromatic heterocycles. The van der Waals surface area contributed by atoms with E-state index in [1.807, 2.05) is 6.07 Å². The van der Waals surface area contributed by atoms with Crippen molar-refractivity contribution in [3.8, 4) is 0 Å². The van der Waals surface area contributed by atoms with Crippen molar-refractivity contribution < 1.29 is 4.79 Å². The van der Waals surface area contributed by atoms with Crippen LogP contribution < -0.4 is 16.0 Å². The molecule has 1 aliphatic heterocycles. The molecular formula is C15H24ClN5O. The number of nitrogens with zero attached hydrogens (tertiary/aromatic N) is 3. The van der Waals surface area contributed by atoms with Crippen molar-refractivity contribution in [3.63, 3.8) is 0 Å². The second-order valence-electron chi connectivity index (χ2n) is 6.60. The fourth-order valence-electron chi connectivity index (χ4n) is 2.95. The second kappa shape index (κ2) is 6.38. The van der Waals surface area contributed by atoms with Crippen LogP contribution in [-0.2, 0) is 4.79 Å². The molecule has 2 atom stereocenters. The Balaban J connectivity index is 0.00000176. The molecule has 2 aliphatic rings. The number of nitrogens with one attached hydrogen (secondary N) is 1. The zero-order valence-electron chi connectivity index (χ0n) is 13.0. The third-order valence-electron chi connectivity index (χ3n) is 4.61. The number of hydrogen-bond donors (Lipinski definition) is 2. The summed E-state index contributed by atoms with van der Waals surface area (Å²) in [4.78, 5) is 23.0. The number of amides is 1. The van der Waals surface area contributed by atoms with Gasteiger partial charge in [0.1, 0.15) is 0 Å². The van der Waals surface area contributed by atoms with Gasteiger partial charge < -0.3 is 16.0 Å². The highest BCUT2D eigenvalue weighted by atomic mass is 35.5. The molecule has 1 amide bonds. The number of nitrogens with two attached hydrogens (primary N) is 1. The molecule has 2 fully saturated rings. The fraction of sp³-hybridized carbons (Fsp3) is 0.667. The van der Waals surface area contributed by atoms with E-state index < -0.39 is 5.54 Å². The predicted molar refractivity (Wildman–Crippen MR) is 87.9 cm³/mol. The van der Waals surface area contributed by atoms with Gasteiger partial charge in [0.2, 0.25) is 11.9 Å². The van der Waals surface area contributed by atoms with Crippen LogP contribution in [0.2, 0.25) is 0 Å². The van der Waals surface area contributed by atoms with Crippen molar-refractivity contribution in [1.29, 1.82) is 0 Å². The van der Waals surface area contributed by atoms with E-state index in [9.17, 15) is 4.79 Å². The first-order chi connectivity index (χ1) is 9.99. The number of carbonyl (C=O) groups excluding carboxylic acids is 1. The van der Waals surface area contributed by atoms with Crippen LogP contribution in [0.25, 0.3) is 0 Å². The van der Waals surface area contributed by atoms with Gasteiger partial charge in [-0.1, -0.05) is 13.8 Å². The molecule has 7 heteroatoms. The molecule has 0 aromatic carbocycles. The van der Waals surface area contributed by atoms with Gasteiger partial charge in [0, 0.05) is 31.4 Å². The Labute approximate surface area is 137 Å². The van der Waals surface area contributed by atoms with Gasteiger partial charge >= 0.3 is 0 Å². The lowest BCUT2D eigenvalue weighted by Crippen LogP contribution is -2.50. The van der Waals surface area contributed by atoms with Gasteiger partial charge in [-0.05, 0) is 24.8 Å². The lowest BCUT2D eigenvalue weighted by atomic mass is 9.91. The molecule has 0 spiro atoms. The number of aromatic nitrogens is 2. The Hall–Kier alpha value is -1.40. The Morgan fingerprint density at radius 1 is 1.36 bits per heavy atom. The largest absolute Gasteiger partial charge is 0.350 e. The molecule has 3 rings (SSSR count). The SMILES string of the molecule is CC(C)[C@H]1CN(c2ncccn2)C[C@@H]1NC(=O)C1(N)CC1.Cl. The van der Waals surface area contributed by atoms with Gasteiger partial charge in [0.15, 0.2) is 0 Å². The molecule has 122 valence electrons. The monoisotopic (exact) mass is 325 g/mol. The molecule has 0 unspecified atom stereocenters. The predicted octanol–water partition coefficient (Wildman–Crippen LogP) is 0.967. The molecule has 2 heterocycles. The molecule has 1 aliphatic carbocycles. The molecule has 0 radical (unpaired) electrons. The molecule has 3 N–H and O–H groups in total. The summed E-state index contributed by atoms with van der Waals surface area (Å²) in [5, 5.41) is 3.15. The quantitative estimate of drug-likeness (QED) is 0.861. The zero-order valence-corrected chi connectivity index (χ0v) is 13.8. The minimum absolute atomic E-state index is 0. The maximum atomic E-state index is 12.2. The molecule has 1 saturated heterocycles. The first-order valence-electron chi connectivity index (χ1n) is 7.61. The van der Waals surface area contributed by atoms with Crippen LogP contribution in [0.1, 0.15) is 26.7 Å². The van der Waals surface area contributed by atoms with Gasteiger partial charge in [-0.15, -0.1) is 12.4 Å². The highest BCUT2D eigenvalue weighted by molar-refractivity contribution is 5.89. The minimum Gasteiger partial charge on any atom is -0.350 e. The molecular weight excluding hydrogens is 302 g/mol. The fourth-order valence-corrected chi connectivity index (χ4v) is 2.95. The van der Waals surface area contributed by atoms with Crippen LogP contribution in [0, 0.1) is 11.8 Å². The third-order valence-corrected chi connectivity index (χ3v) is 4.61. The number of carbonyl (C=O) groups is 1. The van der Waals surface area contributed by atoms with Crippen LogP contribution in [0.15, 0.2) is 18.5 Å². The molecule has 1 aromatic rings. The van der Waals surface area contributed by atoms with Crippen molar-refractivity contribution in [2.75, 3.05) is 18.0 Å². The van der Waals surface area contributed by atoms with E-state index in [1.165, 1.54) is 0 Å². The van der Waals surface area contributed by atoms with Crippen LogP contribution in [0.4, 0.5) is 5.95 Å². The lowest BCUT2D eigenvalue weighted by molar-refractivity contribution is -0.124. The van der Waals surface area contributed by atoms with Gasteiger partial charge in [-0.2, -0.15) is 0 Å². The van der Waals surface area contributed by atoms with Crippen molar-refractivity contribution >= 4 is 24.3 Å². The van der Waals surface area contributed by atoms with Crippen molar-refractivity contribution in [3.05, 3.63) is 18.5 Å². The normalized spacial score (nSPS) is 25.7. The Morgan fingerprint density at radius 3 is 2.55 bits per heavy atom. The summed E-state index contributed by atoms with van der Waals surface area (Å²) in [6.45, 7) is 5.99. The smallest absolute Gasteiger partial charge is 0.240 e. The van der Waals surface area contributed by atoms with Crippen molar-refractivity contribution in [2.45, 2.75) is 38.3 Å². The summed E-state index contributed by atoms with van der Waals surface area (Å²) in [6.07, 6.45) is 5.09. The summed E-state index contributed by atoms with van der Waals surface area (Å²) >= 11 is 0. The third kappa shape index (κ3) is 3.33. The van der Waals surface area contributed by atoms with Crippen LogP contribution in [0.5, 0.6) is 0 Å². The summed E-state index contributed by atoms with van der Waals surface area (Å²) in [7, 11) is 0. The summed E-state index contributed by atoms with van der Waals surface area (Å²) in [6, 6.07) is 1.92. The highest BCUT2D eigenvalue weighted by Crippen LogP contribution is 2.33. The Morgan fingerprint density at radius 2 is 2.00 bits per heavy atom. The summed E-state index contributed by atoms with van der Waals surface area (Å²) < 4.78 is 0. The van der Waals surface area contributed by atoms with Gasteiger partial charge in [0.25, 0.3) is 0 Å². The van der Waals surface area contributed by atoms with Crippen molar-refractivity contribution in [2.24, 2.45) is 17.6 Å². The van der Waals surface area contributed by atoms with Crippen molar-refractivity contribution in [1.82, 2.24) is 15.3 Å². The zero-order chi connectivity index (χ0) is 15.0. The highest BCUT2D eigenvalue weighted by Gasteiger charge is 2.48. The maximum absolute atomic E-state index is 12.2. The number of rotatable bonds is 4. The molecule has 22 heavy (non-hydrogen) atoms. The number of halogens is 1. The summed E-state index contributed by atoms with van der Waals surface area (Å²) in [5.74, 6) is 1.60. The van der Waals surface area contributed by atoms with Gasteiger partial charge in [-0.3, -0.25) is 4.79 Å². The van der Waals surface area contributed by atoms with Crippen LogP contribution in [0.3, 0.4) is 0 Å². The standard InChI is InChI=1S/C15H23N5O.ClH/c1-10(2)11-8-20(14-17-6-3-7-18-14)9-12(11)19-13(21)15(16)4-5-15;/h3,6-7,10-12H,4-5,8-9,16H2,1-2H3,(H,19,21);1H/t11-,12+;/m1./s1. The Kier molecular flexibility index (Phi) is 4.92. The Bertz CT molecular complexity index is 520. The molecule has 6 nitrogen and oxygen atoms in total. The molecule has 0 bridgehead atoms. The van der Waals surface area contributed by atoms with E-state index in [2.05, 4.69) is 34.0 Å². The number of anilines is 1. The van der Waals surface area contributed by atoms with E-state index in [1.54, 1.807) is 12.4 Å². The number of hydrogen-bond acceptors (Lipinski definition) is 5. The van der Waals surface area contributed by atoms with E-state index in [0.29, 0.717) is 11.8 Å². The first-order valence-corrected chi connectivity index (χ1v) is 7.61.